The fourth-order valence-corrected chi connectivity index (χ4v) is 3.67. The van der Waals surface area contributed by atoms with Gasteiger partial charge in [0.25, 0.3) is 0 Å². The van der Waals surface area contributed by atoms with Gasteiger partial charge < -0.3 is 10.6 Å². The summed E-state index contributed by atoms with van der Waals surface area (Å²) in [7, 11) is 0. The second kappa shape index (κ2) is 6.44. The minimum absolute atomic E-state index is 0.00975. The lowest BCUT2D eigenvalue weighted by molar-refractivity contribution is -0.140. The van der Waals surface area contributed by atoms with Crippen molar-refractivity contribution in [2.45, 2.75) is 65.0 Å². The largest absolute Gasteiger partial charge is 0.338 e. The van der Waals surface area contributed by atoms with Gasteiger partial charge in [0.1, 0.15) is 0 Å². The van der Waals surface area contributed by atoms with E-state index in [-0.39, 0.29) is 11.5 Å². The lowest BCUT2D eigenvalue weighted by Gasteiger charge is -2.39. The minimum Gasteiger partial charge on any atom is -0.338 e. The highest BCUT2D eigenvalue weighted by molar-refractivity contribution is 5.82. The second-order valence-electron chi connectivity index (χ2n) is 7.00. The Morgan fingerprint density at radius 2 is 2.15 bits per heavy atom. The lowest BCUT2D eigenvalue weighted by Crippen LogP contribution is -2.52. The summed E-state index contributed by atoms with van der Waals surface area (Å²) in [6.45, 7) is 10.1. The molecule has 1 amide bonds. The smallest absolute Gasteiger partial charge is 0.239 e. The summed E-state index contributed by atoms with van der Waals surface area (Å²) < 4.78 is 0. The fraction of sp³-hybridized carbons (Fsp3) is 0.938. The van der Waals surface area contributed by atoms with Crippen molar-refractivity contribution in [3.63, 3.8) is 0 Å². The number of likely N-dealkylation sites (tertiary alicyclic amines) is 2. The van der Waals surface area contributed by atoms with Crippen molar-refractivity contribution in [3.8, 4) is 0 Å². The maximum absolute atomic E-state index is 12.8. The van der Waals surface area contributed by atoms with E-state index in [0.717, 1.165) is 38.9 Å². The van der Waals surface area contributed by atoms with Crippen molar-refractivity contribution >= 4 is 5.91 Å². The Balaban J connectivity index is 1.98. The topological polar surface area (TPSA) is 49.6 Å². The molecule has 2 fully saturated rings. The van der Waals surface area contributed by atoms with E-state index in [1.54, 1.807) is 0 Å². The molecule has 116 valence electrons. The van der Waals surface area contributed by atoms with Gasteiger partial charge in [0.05, 0.1) is 6.04 Å². The average Bonchev–Trinajstić information content (AvgIpc) is 2.89. The predicted molar refractivity (Wildman–Crippen MR) is 82.5 cm³/mol. The van der Waals surface area contributed by atoms with Crippen LogP contribution in [0, 0.1) is 5.41 Å². The zero-order chi connectivity index (χ0) is 14.8. The third kappa shape index (κ3) is 3.17. The molecule has 2 heterocycles. The van der Waals surface area contributed by atoms with Gasteiger partial charge in [-0.05, 0) is 57.5 Å². The Bertz CT molecular complexity index is 347. The Kier molecular flexibility index (Phi) is 5.08. The van der Waals surface area contributed by atoms with E-state index in [1.807, 2.05) is 0 Å². The standard InChI is InChI=1S/C16H31N3O/c1-4-14-7-5-6-9-19(14)15(20)13(2)18-10-8-16(3,11-17)12-18/h13-14H,4-12,17H2,1-3H3. The summed E-state index contributed by atoms with van der Waals surface area (Å²) in [6, 6.07) is 0.470. The Morgan fingerprint density at radius 3 is 2.75 bits per heavy atom. The molecule has 2 aliphatic heterocycles. The number of hydrogen-bond acceptors (Lipinski definition) is 3. The molecule has 0 aliphatic carbocycles. The first-order chi connectivity index (χ1) is 9.50. The van der Waals surface area contributed by atoms with Gasteiger partial charge in [-0.25, -0.2) is 0 Å². The number of nitrogens with zero attached hydrogens (tertiary/aromatic N) is 2. The van der Waals surface area contributed by atoms with Crippen LogP contribution in [0.15, 0.2) is 0 Å². The Morgan fingerprint density at radius 1 is 1.40 bits per heavy atom. The minimum atomic E-state index is 0.00975. The third-order valence-corrected chi connectivity index (χ3v) is 5.37. The highest BCUT2D eigenvalue weighted by Gasteiger charge is 2.38. The van der Waals surface area contributed by atoms with Crippen LogP contribution in [0.4, 0.5) is 0 Å². The molecule has 0 radical (unpaired) electrons. The molecule has 20 heavy (non-hydrogen) atoms. The number of carbonyl (C=O) groups excluding carboxylic acids is 1. The summed E-state index contributed by atoms with van der Waals surface area (Å²) in [5.74, 6) is 0.331. The van der Waals surface area contributed by atoms with Gasteiger partial charge in [-0.2, -0.15) is 0 Å². The van der Waals surface area contributed by atoms with Gasteiger partial charge in [-0.1, -0.05) is 13.8 Å². The summed E-state index contributed by atoms with van der Waals surface area (Å²) in [6.07, 6.45) is 5.80. The van der Waals surface area contributed by atoms with E-state index in [1.165, 1.54) is 12.8 Å². The van der Waals surface area contributed by atoms with Crippen molar-refractivity contribution in [2.24, 2.45) is 11.1 Å². The van der Waals surface area contributed by atoms with Crippen molar-refractivity contribution in [3.05, 3.63) is 0 Å². The number of piperidine rings is 1. The average molecular weight is 281 g/mol. The summed E-state index contributed by atoms with van der Waals surface area (Å²) in [5.41, 5.74) is 6.07. The third-order valence-electron chi connectivity index (χ3n) is 5.37. The molecule has 0 saturated carbocycles. The van der Waals surface area contributed by atoms with E-state index >= 15 is 0 Å². The predicted octanol–water partition coefficient (Wildman–Crippen LogP) is 1.84. The van der Waals surface area contributed by atoms with Gasteiger partial charge in [0.2, 0.25) is 5.91 Å². The van der Waals surface area contributed by atoms with Gasteiger partial charge in [0, 0.05) is 19.1 Å². The molecule has 0 bridgehead atoms. The van der Waals surface area contributed by atoms with Crippen molar-refractivity contribution in [1.29, 1.82) is 0 Å². The monoisotopic (exact) mass is 281 g/mol. The molecule has 3 unspecified atom stereocenters. The molecular weight excluding hydrogens is 250 g/mol. The van der Waals surface area contributed by atoms with Crippen molar-refractivity contribution in [2.75, 3.05) is 26.2 Å². The number of carbonyl (C=O) groups is 1. The molecule has 0 aromatic heterocycles. The SMILES string of the molecule is CCC1CCCCN1C(=O)C(C)N1CCC(C)(CN)C1. The van der Waals surface area contributed by atoms with E-state index in [9.17, 15) is 4.79 Å². The van der Waals surface area contributed by atoms with E-state index in [4.69, 9.17) is 5.73 Å². The summed E-state index contributed by atoms with van der Waals surface area (Å²) in [5, 5.41) is 0. The zero-order valence-corrected chi connectivity index (χ0v) is 13.4. The molecular formula is C16H31N3O. The molecule has 2 aliphatic rings. The van der Waals surface area contributed by atoms with Crippen LogP contribution in [-0.4, -0.2) is 54.0 Å². The van der Waals surface area contributed by atoms with Crippen LogP contribution in [0.1, 0.15) is 52.9 Å². The lowest BCUT2D eigenvalue weighted by atomic mass is 9.90. The first-order valence-electron chi connectivity index (χ1n) is 8.25. The molecule has 2 rings (SSSR count). The Labute approximate surface area is 123 Å². The molecule has 0 spiro atoms. The first-order valence-corrected chi connectivity index (χ1v) is 8.25. The number of amides is 1. The maximum Gasteiger partial charge on any atom is 0.239 e. The first kappa shape index (κ1) is 15.8. The molecule has 4 heteroatoms. The van der Waals surface area contributed by atoms with Gasteiger partial charge in [-0.3, -0.25) is 9.69 Å². The maximum atomic E-state index is 12.8. The molecule has 2 N–H and O–H groups in total. The van der Waals surface area contributed by atoms with E-state index < -0.39 is 0 Å². The summed E-state index contributed by atoms with van der Waals surface area (Å²) >= 11 is 0. The van der Waals surface area contributed by atoms with Crippen LogP contribution in [-0.2, 0) is 4.79 Å². The molecule has 2 saturated heterocycles. The quantitative estimate of drug-likeness (QED) is 0.855. The molecule has 0 aromatic carbocycles. The highest BCUT2D eigenvalue weighted by Crippen LogP contribution is 2.31. The zero-order valence-electron chi connectivity index (χ0n) is 13.4. The number of nitrogens with two attached hydrogens (primary N) is 1. The van der Waals surface area contributed by atoms with Crippen LogP contribution in [0.3, 0.4) is 0 Å². The van der Waals surface area contributed by atoms with Crippen molar-refractivity contribution < 1.29 is 4.79 Å². The van der Waals surface area contributed by atoms with Crippen LogP contribution in [0.5, 0.6) is 0 Å². The van der Waals surface area contributed by atoms with Gasteiger partial charge in [0.15, 0.2) is 0 Å². The molecule has 4 nitrogen and oxygen atoms in total. The van der Waals surface area contributed by atoms with Crippen molar-refractivity contribution in [1.82, 2.24) is 9.80 Å². The number of hydrogen-bond donors (Lipinski definition) is 1. The fourth-order valence-electron chi connectivity index (χ4n) is 3.67. The molecule has 3 atom stereocenters. The van der Waals surface area contributed by atoms with Crippen LogP contribution < -0.4 is 5.73 Å². The Hall–Kier alpha value is -0.610. The normalized spacial score (nSPS) is 33.4. The van der Waals surface area contributed by atoms with E-state index in [0.29, 0.717) is 18.5 Å². The number of rotatable bonds is 4. The van der Waals surface area contributed by atoms with Crippen LogP contribution >= 0.6 is 0 Å². The van der Waals surface area contributed by atoms with Crippen LogP contribution in [0.25, 0.3) is 0 Å². The molecule has 0 aromatic rings. The highest BCUT2D eigenvalue weighted by atomic mass is 16.2. The second-order valence-corrected chi connectivity index (χ2v) is 7.00. The van der Waals surface area contributed by atoms with E-state index in [2.05, 4.69) is 30.6 Å². The van der Waals surface area contributed by atoms with Gasteiger partial charge in [-0.15, -0.1) is 0 Å². The van der Waals surface area contributed by atoms with Gasteiger partial charge >= 0.3 is 0 Å². The summed E-state index contributed by atoms with van der Waals surface area (Å²) in [4.78, 5) is 17.3. The van der Waals surface area contributed by atoms with Crippen LogP contribution in [0.2, 0.25) is 0 Å².